The number of benzene rings is 1. The number of Topliss-reactive ketones (excluding diaryl/α,β-unsaturated/α-hetero) is 1. The summed E-state index contributed by atoms with van der Waals surface area (Å²) in [7, 11) is 3.07. The molecule has 1 saturated heterocycles. The first-order valence-electron chi connectivity index (χ1n) is 5.24. The normalized spacial score (nSPS) is 15.3. The monoisotopic (exact) mass is 235 g/mol. The highest BCUT2D eigenvalue weighted by atomic mass is 16.5. The maximum Gasteiger partial charge on any atom is 0.294 e. The van der Waals surface area contributed by atoms with Crippen LogP contribution in [0.25, 0.3) is 0 Å². The molecule has 1 aromatic carbocycles. The lowest BCUT2D eigenvalue weighted by molar-refractivity contribution is -0.133. The second-order valence-corrected chi connectivity index (χ2v) is 3.67. The molecule has 0 spiro atoms. The van der Waals surface area contributed by atoms with Crippen LogP contribution in [0.5, 0.6) is 11.5 Å². The molecule has 0 aliphatic carbocycles. The van der Waals surface area contributed by atoms with Crippen molar-refractivity contribution < 1.29 is 19.1 Å². The van der Waals surface area contributed by atoms with Crippen molar-refractivity contribution in [1.82, 2.24) is 0 Å². The lowest BCUT2D eigenvalue weighted by atomic mass is 10.2. The number of rotatable bonds is 3. The number of ketones is 1. The SMILES string of the molecule is COc1ccc(N2CCC(=O)C2=O)cc1OC. The zero-order valence-electron chi connectivity index (χ0n) is 9.73. The third-order valence-corrected chi connectivity index (χ3v) is 2.72. The number of hydrogen-bond acceptors (Lipinski definition) is 4. The zero-order valence-corrected chi connectivity index (χ0v) is 9.73. The van der Waals surface area contributed by atoms with Gasteiger partial charge < -0.3 is 14.4 Å². The first-order valence-corrected chi connectivity index (χ1v) is 5.24. The molecule has 1 aliphatic heterocycles. The number of ether oxygens (including phenoxy) is 2. The molecule has 2 rings (SSSR count). The second kappa shape index (κ2) is 4.45. The summed E-state index contributed by atoms with van der Waals surface area (Å²) in [5.74, 6) is 0.323. The fraction of sp³-hybridized carbons (Fsp3) is 0.333. The third kappa shape index (κ3) is 1.95. The topological polar surface area (TPSA) is 55.8 Å². The van der Waals surface area contributed by atoms with Gasteiger partial charge in [-0.2, -0.15) is 0 Å². The van der Waals surface area contributed by atoms with E-state index in [0.29, 0.717) is 23.7 Å². The molecular weight excluding hydrogens is 222 g/mol. The Morgan fingerprint density at radius 1 is 1.12 bits per heavy atom. The summed E-state index contributed by atoms with van der Waals surface area (Å²) in [6.45, 7) is 0.424. The molecule has 0 atom stereocenters. The van der Waals surface area contributed by atoms with Gasteiger partial charge in [0.2, 0.25) is 5.78 Å². The molecule has 1 fully saturated rings. The van der Waals surface area contributed by atoms with Gasteiger partial charge in [0, 0.05) is 24.7 Å². The molecule has 17 heavy (non-hydrogen) atoms. The van der Waals surface area contributed by atoms with Crippen molar-refractivity contribution in [2.75, 3.05) is 25.7 Å². The maximum absolute atomic E-state index is 11.6. The van der Waals surface area contributed by atoms with Gasteiger partial charge >= 0.3 is 0 Å². The number of amides is 1. The van der Waals surface area contributed by atoms with Crippen LogP contribution in [0.1, 0.15) is 6.42 Å². The van der Waals surface area contributed by atoms with Crippen molar-refractivity contribution in [2.24, 2.45) is 0 Å². The minimum atomic E-state index is -0.461. The zero-order chi connectivity index (χ0) is 12.4. The summed E-state index contributed by atoms with van der Waals surface area (Å²) in [5, 5.41) is 0. The first-order chi connectivity index (χ1) is 8.17. The van der Waals surface area contributed by atoms with Gasteiger partial charge in [-0.25, -0.2) is 0 Å². The van der Waals surface area contributed by atoms with Gasteiger partial charge in [-0.3, -0.25) is 9.59 Å². The van der Waals surface area contributed by atoms with Crippen LogP contribution >= 0.6 is 0 Å². The van der Waals surface area contributed by atoms with Crippen LogP contribution in [-0.4, -0.2) is 32.5 Å². The van der Waals surface area contributed by atoms with Crippen molar-refractivity contribution in [3.63, 3.8) is 0 Å². The molecule has 0 radical (unpaired) electrons. The van der Waals surface area contributed by atoms with E-state index in [2.05, 4.69) is 0 Å². The molecule has 1 heterocycles. The molecule has 0 N–H and O–H groups in total. The third-order valence-electron chi connectivity index (χ3n) is 2.72. The summed E-state index contributed by atoms with van der Waals surface area (Å²) in [6, 6.07) is 5.14. The summed E-state index contributed by atoms with van der Waals surface area (Å²) in [5.41, 5.74) is 0.651. The standard InChI is InChI=1S/C12H13NO4/c1-16-10-4-3-8(7-11(10)17-2)13-6-5-9(14)12(13)15/h3-4,7H,5-6H2,1-2H3. The molecule has 1 amide bonds. The quantitative estimate of drug-likeness (QED) is 0.734. The molecule has 0 saturated carbocycles. The van der Waals surface area contributed by atoms with Crippen LogP contribution in [0.4, 0.5) is 5.69 Å². The van der Waals surface area contributed by atoms with Crippen molar-refractivity contribution >= 4 is 17.4 Å². The van der Waals surface area contributed by atoms with E-state index in [0.717, 1.165) is 0 Å². The maximum atomic E-state index is 11.6. The average Bonchev–Trinajstić information content (AvgIpc) is 2.69. The van der Waals surface area contributed by atoms with Gasteiger partial charge in [0.15, 0.2) is 11.5 Å². The van der Waals surface area contributed by atoms with Crippen LogP contribution < -0.4 is 14.4 Å². The van der Waals surface area contributed by atoms with Gasteiger partial charge in [0.1, 0.15) is 0 Å². The highest BCUT2D eigenvalue weighted by Gasteiger charge is 2.30. The highest BCUT2D eigenvalue weighted by Crippen LogP contribution is 2.32. The molecule has 1 aromatic rings. The average molecular weight is 235 g/mol. The van der Waals surface area contributed by atoms with Crippen LogP contribution in [-0.2, 0) is 9.59 Å². The minimum Gasteiger partial charge on any atom is -0.493 e. The van der Waals surface area contributed by atoms with E-state index in [-0.39, 0.29) is 12.2 Å². The van der Waals surface area contributed by atoms with E-state index in [4.69, 9.17) is 9.47 Å². The van der Waals surface area contributed by atoms with Crippen molar-refractivity contribution in [3.05, 3.63) is 18.2 Å². The first kappa shape index (κ1) is 11.4. The lowest BCUT2D eigenvalue weighted by Gasteiger charge is -2.16. The lowest BCUT2D eigenvalue weighted by Crippen LogP contribution is -2.26. The molecule has 1 aliphatic rings. The molecule has 90 valence electrons. The van der Waals surface area contributed by atoms with Crippen LogP contribution in [0, 0.1) is 0 Å². The predicted octanol–water partition coefficient (Wildman–Crippen LogP) is 1.01. The largest absolute Gasteiger partial charge is 0.493 e. The number of methoxy groups -OCH3 is 2. The van der Waals surface area contributed by atoms with E-state index in [1.807, 2.05) is 0 Å². The van der Waals surface area contributed by atoms with E-state index in [9.17, 15) is 9.59 Å². The van der Waals surface area contributed by atoms with Crippen molar-refractivity contribution in [2.45, 2.75) is 6.42 Å². The summed E-state index contributed by atoms with van der Waals surface area (Å²) in [4.78, 5) is 24.2. The van der Waals surface area contributed by atoms with E-state index >= 15 is 0 Å². The summed E-state index contributed by atoms with van der Waals surface area (Å²) < 4.78 is 10.3. The Labute approximate surface area is 98.9 Å². The van der Waals surface area contributed by atoms with Gasteiger partial charge in [0.25, 0.3) is 5.91 Å². The number of carbonyl (C=O) groups is 2. The fourth-order valence-electron chi connectivity index (χ4n) is 1.81. The van der Waals surface area contributed by atoms with E-state index < -0.39 is 5.91 Å². The fourth-order valence-corrected chi connectivity index (χ4v) is 1.81. The smallest absolute Gasteiger partial charge is 0.294 e. The number of hydrogen-bond donors (Lipinski definition) is 0. The van der Waals surface area contributed by atoms with E-state index in [1.165, 1.54) is 12.0 Å². The minimum absolute atomic E-state index is 0.271. The molecule has 0 aromatic heterocycles. The highest BCUT2D eigenvalue weighted by molar-refractivity contribution is 6.43. The molecule has 5 heteroatoms. The van der Waals surface area contributed by atoms with Crippen molar-refractivity contribution in [3.8, 4) is 11.5 Å². The number of nitrogens with zero attached hydrogens (tertiary/aromatic N) is 1. The molecule has 5 nitrogen and oxygen atoms in total. The Morgan fingerprint density at radius 3 is 2.35 bits per heavy atom. The van der Waals surface area contributed by atoms with Gasteiger partial charge in [-0.1, -0.05) is 0 Å². The number of carbonyl (C=O) groups excluding carboxylic acids is 2. The van der Waals surface area contributed by atoms with Crippen LogP contribution in [0.3, 0.4) is 0 Å². The Morgan fingerprint density at radius 2 is 1.82 bits per heavy atom. The van der Waals surface area contributed by atoms with Crippen LogP contribution in [0.2, 0.25) is 0 Å². The van der Waals surface area contributed by atoms with Gasteiger partial charge in [-0.05, 0) is 12.1 Å². The molecular formula is C12H13NO4. The van der Waals surface area contributed by atoms with Gasteiger partial charge in [0.05, 0.1) is 14.2 Å². The molecule has 0 unspecified atom stereocenters. The predicted molar refractivity (Wildman–Crippen MR) is 61.5 cm³/mol. The Hall–Kier alpha value is -2.04. The van der Waals surface area contributed by atoms with Gasteiger partial charge in [-0.15, -0.1) is 0 Å². The molecule has 0 bridgehead atoms. The van der Waals surface area contributed by atoms with Crippen LogP contribution in [0.15, 0.2) is 18.2 Å². The Kier molecular flexibility index (Phi) is 2.99. The number of anilines is 1. The summed E-state index contributed by atoms with van der Waals surface area (Å²) >= 11 is 0. The Bertz CT molecular complexity index is 470. The van der Waals surface area contributed by atoms with E-state index in [1.54, 1.807) is 25.3 Å². The second-order valence-electron chi connectivity index (χ2n) is 3.67. The van der Waals surface area contributed by atoms with Crippen molar-refractivity contribution in [1.29, 1.82) is 0 Å². The summed E-state index contributed by atoms with van der Waals surface area (Å²) in [6.07, 6.45) is 0.271. The Balaban J connectivity index is 2.34.